The Morgan fingerprint density at radius 3 is 2.62 bits per heavy atom. The minimum Gasteiger partial charge on any atom is -0.396 e. The molecule has 1 aromatic rings. The highest BCUT2D eigenvalue weighted by Gasteiger charge is 2.58. The molecule has 0 spiro atoms. The molecule has 2 fully saturated rings. The monoisotopic (exact) mass is 217 g/mol. The molecule has 1 saturated heterocycles. The molecular formula is C14H19NO. The summed E-state index contributed by atoms with van der Waals surface area (Å²) in [5.41, 5.74) is 1.40. The van der Waals surface area contributed by atoms with E-state index in [4.69, 9.17) is 0 Å². The summed E-state index contributed by atoms with van der Waals surface area (Å²) < 4.78 is 0. The average molecular weight is 217 g/mol. The van der Waals surface area contributed by atoms with Crippen LogP contribution in [0.3, 0.4) is 0 Å². The van der Waals surface area contributed by atoms with Gasteiger partial charge in [-0.3, -0.25) is 4.90 Å². The molecule has 1 aliphatic carbocycles. The van der Waals surface area contributed by atoms with Crippen molar-refractivity contribution in [2.75, 3.05) is 13.2 Å². The topological polar surface area (TPSA) is 23.5 Å². The molecule has 0 aromatic heterocycles. The third-order valence-corrected chi connectivity index (χ3v) is 4.42. The molecule has 0 radical (unpaired) electrons. The molecule has 2 nitrogen and oxygen atoms in total. The summed E-state index contributed by atoms with van der Waals surface area (Å²) in [6, 6.07) is 11.3. The maximum absolute atomic E-state index is 9.19. The van der Waals surface area contributed by atoms with E-state index in [1.54, 1.807) is 0 Å². The van der Waals surface area contributed by atoms with Crippen molar-refractivity contribution in [2.24, 2.45) is 17.8 Å². The average Bonchev–Trinajstić information content (AvgIpc) is 2.92. The molecule has 0 bridgehead atoms. The molecule has 1 aromatic carbocycles. The second-order valence-corrected chi connectivity index (χ2v) is 5.24. The molecule has 1 aliphatic heterocycles. The number of aliphatic hydroxyl groups excluding tert-OH is 1. The Morgan fingerprint density at radius 1 is 1.31 bits per heavy atom. The van der Waals surface area contributed by atoms with Crippen LogP contribution in [0.25, 0.3) is 0 Å². The van der Waals surface area contributed by atoms with Gasteiger partial charge in [0, 0.05) is 25.7 Å². The number of nitrogens with zero attached hydrogens (tertiary/aromatic N) is 1. The van der Waals surface area contributed by atoms with Crippen molar-refractivity contribution in [3.05, 3.63) is 35.9 Å². The predicted octanol–water partition coefficient (Wildman–Crippen LogP) is 1.75. The number of fused-ring (bicyclic) bond motifs is 1. The van der Waals surface area contributed by atoms with E-state index in [-0.39, 0.29) is 0 Å². The summed E-state index contributed by atoms with van der Waals surface area (Å²) in [5.74, 6) is 2.12. The van der Waals surface area contributed by atoms with Crippen LogP contribution in [0.15, 0.2) is 30.3 Å². The number of aliphatic hydroxyl groups is 1. The zero-order chi connectivity index (χ0) is 11.1. The van der Waals surface area contributed by atoms with Crippen LogP contribution in [-0.2, 0) is 6.54 Å². The molecule has 0 amide bonds. The van der Waals surface area contributed by atoms with E-state index >= 15 is 0 Å². The van der Waals surface area contributed by atoms with Crippen molar-refractivity contribution in [1.29, 1.82) is 0 Å². The summed E-state index contributed by atoms with van der Waals surface area (Å²) in [5, 5.41) is 9.19. The largest absolute Gasteiger partial charge is 0.396 e. The minimum atomic E-state index is 0.388. The number of rotatable bonds is 3. The van der Waals surface area contributed by atoms with Crippen molar-refractivity contribution in [3.8, 4) is 0 Å². The van der Waals surface area contributed by atoms with Crippen LogP contribution in [0.1, 0.15) is 12.5 Å². The van der Waals surface area contributed by atoms with E-state index in [9.17, 15) is 5.11 Å². The maximum Gasteiger partial charge on any atom is 0.0465 e. The van der Waals surface area contributed by atoms with Gasteiger partial charge in [0.05, 0.1) is 0 Å². The van der Waals surface area contributed by atoms with Gasteiger partial charge in [-0.15, -0.1) is 0 Å². The Balaban J connectivity index is 1.63. The van der Waals surface area contributed by atoms with Crippen LogP contribution in [0.2, 0.25) is 0 Å². The molecule has 1 N–H and O–H groups in total. The van der Waals surface area contributed by atoms with Crippen molar-refractivity contribution < 1.29 is 5.11 Å². The highest BCUT2D eigenvalue weighted by molar-refractivity contribution is 5.17. The van der Waals surface area contributed by atoms with Gasteiger partial charge in [-0.2, -0.15) is 0 Å². The van der Waals surface area contributed by atoms with Crippen LogP contribution < -0.4 is 0 Å². The van der Waals surface area contributed by atoms with Gasteiger partial charge in [0.1, 0.15) is 0 Å². The van der Waals surface area contributed by atoms with E-state index in [0.29, 0.717) is 18.6 Å². The van der Waals surface area contributed by atoms with Crippen molar-refractivity contribution in [2.45, 2.75) is 19.5 Å². The van der Waals surface area contributed by atoms with Crippen LogP contribution in [0.4, 0.5) is 0 Å². The normalized spacial score (nSPS) is 37.4. The zero-order valence-corrected chi connectivity index (χ0v) is 9.71. The molecular weight excluding hydrogens is 198 g/mol. The fourth-order valence-electron chi connectivity index (χ4n) is 3.41. The molecule has 3 rings (SSSR count). The number of benzene rings is 1. The van der Waals surface area contributed by atoms with E-state index in [1.807, 2.05) is 0 Å². The van der Waals surface area contributed by atoms with E-state index in [1.165, 1.54) is 12.1 Å². The second-order valence-electron chi connectivity index (χ2n) is 5.24. The highest BCUT2D eigenvalue weighted by Crippen LogP contribution is 2.55. The van der Waals surface area contributed by atoms with Crippen molar-refractivity contribution in [1.82, 2.24) is 4.90 Å². The first-order valence-corrected chi connectivity index (χ1v) is 6.20. The summed E-state index contributed by atoms with van der Waals surface area (Å²) >= 11 is 0. The highest BCUT2D eigenvalue weighted by atomic mass is 16.3. The van der Waals surface area contributed by atoms with Crippen LogP contribution in [-0.4, -0.2) is 29.2 Å². The van der Waals surface area contributed by atoms with Crippen molar-refractivity contribution >= 4 is 0 Å². The summed E-state index contributed by atoms with van der Waals surface area (Å²) in [4.78, 5) is 2.55. The van der Waals surface area contributed by atoms with Crippen molar-refractivity contribution in [3.63, 3.8) is 0 Å². The van der Waals surface area contributed by atoms with Gasteiger partial charge in [0.25, 0.3) is 0 Å². The lowest BCUT2D eigenvalue weighted by molar-refractivity contribution is 0.177. The first-order valence-electron chi connectivity index (χ1n) is 6.20. The Labute approximate surface area is 96.9 Å². The van der Waals surface area contributed by atoms with E-state index < -0.39 is 0 Å². The Morgan fingerprint density at radius 2 is 2.06 bits per heavy atom. The van der Waals surface area contributed by atoms with Gasteiger partial charge < -0.3 is 5.11 Å². The molecule has 2 heteroatoms. The SMILES string of the molecule is C[C@H]1[C@@H]2[C@@H](CO)[C@@H]2CN1Cc1ccccc1. The lowest BCUT2D eigenvalue weighted by Crippen LogP contribution is -2.32. The van der Waals surface area contributed by atoms with E-state index in [0.717, 1.165) is 18.4 Å². The Bertz CT molecular complexity index is 364. The van der Waals surface area contributed by atoms with Gasteiger partial charge in [-0.05, 0) is 30.2 Å². The third kappa shape index (κ3) is 1.57. The summed E-state index contributed by atoms with van der Waals surface area (Å²) in [6.07, 6.45) is 0. The smallest absolute Gasteiger partial charge is 0.0465 e. The first kappa shape index (κ1) is 10.3. The van der Waals surface area contributed by atoms with Gasteiger partial charge in [0.2, 0.25) is 0 Å². The van der Waals surface area contributed by atoms with Crippen LogP contribution >= 0.6 is 0 Å². The third-order valence-electron chi connectivity index (χ3n) is 4.42. The minimum absolute atomic E-state index is 0.388. The van der Waals surface area contributed by atoms with Gasteiger partial charge in [-0.1, -0.05) is 30.3 Å². The van der Waals surface area contributed by atoms with Crippen LogP contribution in [0.5, 0.6) is 0 Å². The first-order chi connectivity index (χ1) is 7.81. The summed E-state index contributed by atoms with van der Waals surface area (Å²) in [7, 11) is 0. The molecule has 4 atom stereocenters. The standard InChI is InChI=1S/C14H19NO/c1-10-14-12(13(14)9-16)8-15(10)7-11-5-3-2-4-6-11/h2-6,10,12-14,16H,7-9H2,1H3/t10-,12-,13-,14-/m0/s1. The molecule has 86 valence electrons. The fraction of sp³-hybridized carbons (Fsp3) is 0.571. The Hall–Kier alpha value is -0.860. The van der Waals surface area contributed by atoms with Gasteiger partial charge >= 0.3 is 0 Å². The molecule has 1 heterocycles. The fourth-order valence-corrected chi connectivity index (χ4v) is 3.41. The lowest BCUT2D eigenvalue weighted by atomic mass is 10.1. The maximum atomic E-state index is 9.19. The predicted molar refractivity (Wildman–Crippen MR) is 63.9 cm³/mol. The quantitative estimate of drug-likeness (QED) is 0.833. The number of likely N-dealkylation sites (tertiary alicyclic amines) is 1. The van der Waals surface area contributed by atoms with Gasteiger partial charge in [-0.25, -0.2) is 0 Å². The lowest BCUT2D eigenvalue weighted by Gasteiger charge is -2.25. The molecule has 0 unspecified atom stereocenters. The summed E-state index contributed by atoms with van der Waals surface area (Å²) in [6.45, 7) is 4.93. The number of piperidine rings is 1. The second kappa shape index (κ2) is 3.86. The van der Waals surface area contributed by atoms with E-state index in [2.05, 4.69) is 42.2 Å². The number of hydrogen-bond acceptors (Lipinski definition) is 2. The molecule has 1 saturated carbocycles. The zero-order valence-electron chi connectivity index (χ0n) is 9.71. The Kier molecular flexibility index (Phi) is 2.49. The van der Waals surface area contributed by atoms with Crippen LogP contribution in [0, 0.1) is 17.8 Å². The molecule has 16 heavy (non-hydrogen) atoms. The molecule has 2 aliphatic rings. The van der Waals surface area contributed by atoms with Gasteiger partial charge in [0.15, 0.2) is 0 Å². The number of hydrogen-bond donors (Lipinski definition) is 1.